The maximum absolute atomic E-state index is 6.02. The van der Waals surface area contributed by atoms with Crippen LogP contribution in [0.2, 0.25) is 0 Å². The Morgan fingerprint density at radius 3 is 2.12 bits per heavy atom. The molecule has 0 bridgehead atoms. The van der Waals surface area contributed by atoms with Crippen LogP contribution in [0, 0.1) is 0 Å². The lowest BCUT2D eigenvalue weighted by Gasteiger charge is -2.13. The molecule has 16 heavy (non-hydrogen) atoms. The normalized spacial score (nSPS) is 11.7. The van der Waals surface area contributed by atoms with Gasteiger partial charge in [0.25, 0.3) is 0 Å². The van der Waals surface area contributed by atoms with Crippen LogP contribution in [0.4, 0.5) is 0 Å². The van der Waals surface area contributed by atoms with E-state index >= 15 is 0 Å². The average Bonchev–Trinajstić information content (AvgIpc) is 2.30. The van der Waals surface area contributed by atoms with Gasteiger partial charge >= 0.3 is 0 Å². The van der Waals surface area contributed by atoms with Crippen LogP contribution >= 0.6 is 0 Å². The Bertz CT molecular complexity index is 432. The van der Waals surface area contributed by atoms with Gasteiger partial charge in [0.05, 0.1) is 0 Å². The Kier molecular flexibility index (Phi) is 4.12. The molecule has 0 aliphatic rings. The van der Waals surface area contributed by atoms with E-state index in [-0.39, 0.29) is 0 Å². The number of hydrogen-bond acceptors (Lipinski definition) is 1. The number of nitrogens with two attached hydrogens (primary N) is 1. The van der Waals surface area contributed by atoms with E-state index in [1.807, 2.05) is 18.2 Å². The summed E-state index contributed by atoms with van der Waals surface area (Å²) in [6.45, 7) is 10.0. The van der Waals surface area contributed by atoms with Crippen molar-refractivity contribution in [3.63, 3.8) is 0 Å². The van der Waals surface area contributed by atoms with Crippen LogP contribution in [-0.2, 0) is 0 Å². The summed E-state index contributed by atoms with van der Waals surface area (Å²) in [5.74, 6) is 0. The number of benzene rings is 1. The monoisotopic (exact) mass is 213 g/mol. The van der Waals surface area contributed by atoms with Gasteiger partial charge in [-0.1, -0.05) is 42.5 Å². The zero-order chi connectivity index (χ0) is 12.1. The van der Waals surface area contributed by atoms with Crippen molar-refractivity contribution in [3.05, 3.63) is 65.4 Å². The second-order valence-electron chi connectivity index (χ2n) is 4.03. The molecular weight excluding hydrogens is 194 g/mol. The van der Waals surface area contributed by atoms with E-state index in [1.165, 1.54) is 11.1 Å². The first-order chi connectivity index (χ1) is 7.57. The molecule has 0 amide bonds. The van der Waals surface area contributed by atoms with E-state index < -0.39 is 0 Å². The van der Waals surface area contributed by atoms with Crippen molar-refractivity contribution < 1.29 is 0 Å². The molecule has 0 saturated carbocycles. The molecule has 0 atom stereocenters. The smallest absolute Gasteiger partial charge is 0.0390 e. The molecule has 0 radical (unpaired) electrons. The summed E-state index contributed by atoms with van der Waals surface area (Å²) in [6, 6.07) is 10.2. The van der Waals surface area contributed by atoms with Gasteiger partial charge in [-0.15, -0.1) is 0 Å². The summed E-state index contributed by atoms with van der Waals surface area (Å²) in [7, 11) is 0. The third-order valence-corrected chi connectivity index (χ3v) is 2.70. The highest BCUT2D eigenvalue weighted by atomic mass is 14.6. The van der Waals surface area contributed by atoms with E-state index in [1.54, 1.807) is 6.08 Å². The second kappa shape index (κ2) is 5.36. The van der Waals surface area contributed by atoms with E-state index in [4.69, 9.17) is 5.73 Å². The van der Waals surface area contributed by atoms with Gasteiger partial charge in [-0.2, -0.15) is 0 Å². The molecule has 2 N–H and O–H groups in total. The van der Waals surface area contributed by atoms with Crippen LogP contribution in [0.15, 0.2) is 59.8 Å². The highest BCUT2D eigenvalue weighted by Crippen LogP contribution is 2.27. The van der Waals surface area contributed by atoms with Gasteiger partial charge in [-0.25, -0.2) is 0 Å². The molecule has 0 saturated heterocycles. The standard InChI is InChI=1S/C15H19N/c1-5-14(16)15(12(4)11(2)3)13-9-7-6-8-10-13/h5-10H,1,16H2,2-4H3/b15-14-. The lowest BCUT2D eigenvalue weighted by Crippen LogP contribution is -2.01. The minimum atomic E-state index is 0.727. The first kappa shape index (κ1) is 12.3. The van der Waals surface area contributed by atoms with Crippen molar-refractivity contribution in [3.8, 4) is 0 Å². The van der Waals surface area contributed by atoms with Crippen molar-refractivity contribution in [1.82, 2.24) is 0 Å². The summed E-state index contributed by atoms with van der Waals surface area (Å²) in [5, 5.41) is 0. The van der Waals surface area contributed by atoms with Crippen molar-refractivity contribution >= 4 is 5.57 Å². The molecule has 0 aliphatic heterocycles. The molecule has 1 heteroatoms. The van der Waals surface area contributed by atoms with Crippen LogP contribution in [0.25, 0.3) is 5.57 Å². The Morgan fingerprint density at radius 2 is 1.69 bits per heavy atom. The predicted octanol–water partition coefficient (Wildman–Crippen LogP) is 3.90. The average molecular weight is 213 g/mol. The molecule has 0 aliphatic carbocycles. The molecule has 1 nitrogen and oxygen atoms in total. The number of rotatable bonds is 3. The predicted molar refractivity (Wildman–Crippen MR) is 71.8 cm³/mol. The fourth-order valence-electron chi connectivity index (χ4n) is 1.56. The summed E-state index contributed by atoms with van der Waals surface area (Å²) in [6.07, 6.45) is 1.70. The second-order valence-corrected chi connectivity index (χ2v) is 4.03. The molecule has 1 aromatic carbocycles. The highest BCUT2D eigenvalue weighted by Gasteiger charge is 2.07. The van der Waals surface area contributed by atoms with E-state index in [0.29, 0.717) is 0 Å². The quantitative estimate of drug-likeness (QED) is 0.757. The highest BCUT2D eigenvalue weighted by molar-refractivity contribution is 5.82. The van der Waals surface area contributed by atoms with Gasteiger partial charge in [0.2, 0.25) is 0 Å². The first-order valence-electron chi connectivity index (χ1n) is 5.40. The SMILES string of the molecule is C=C/C(N)=C(\C(C)=C(C)C)c1ccccc1. The summed E-state index contributed by atoms with van der Waals surface area (Å²) in [5.41, 5.74) is 11.4. The molecule has 0 spiro atoms. The fourth-order valence-corrected chi connectivity index (χ4v) is 1.56. The van der Waals surface area contributed by atoms with Crippen LogP contribution < -0.4 is 5.73 Å². The molecule has 0 fully saturated rings. The maximum Gasteiger partial charge on any atom is 0.0390 e. The Hall–Kier alpha value is -1.76. The molecule has 0 aromatic heterocycles. The van der Waals surface area contributed by atoms with E-state index in [0.717, 1.165) is 16.8 Å². The largest absolute Gasteiger partial charge is 0.398 e. The third-order valence-electron chi connectivity index (χ3n) is 2.70. The van der Waals surface area contributed by atoms with Crippen molar-refractivity contribution in [1.29, 1.82) is 0 Å². The van der Waals surface area contributed by atoms with E-state index in [2.05, 4.69) is 39.5 Å². The summed E-state index contributed by atoms with van der Waals surface area (Å²) < 4.78 is 0. The van der Waals surface area contributed by atoms with Gasteiger partial charge in [-0.3, -0.25) is 0 Å². The third kappa shape index (κ3) is 2.63. The molecule has 0 heterocycles. The Labute approximate surface area is 98.0 Å². The van der Waals surface area contributed by atoms with Crippen molar-refractivity contribution in [2.75, 3.05) is 0 Å². The Morgan fingerprint density at radius 1 is 1.12 bits per heavy atom. The van der Waals surface area contributed by atoms with Gasteiger partial charge in [0, 0.05) is 11.3 Å². The Balaban J connectivity index is 3.41. The topological polar surface area (TPSA) is 26.0 Å². The van der Waals surface area contributed by atoms with Gasteiger partial charge < -0.3 is 5.73 Å². The minimum absolute atomic E-state index is 0.727. The molecule has 84 valence electrons. The van der Waals surface area contributed by atoms with Crippen molar-refractivity contribution in [2.24, 2.45) is 5.73 Å². The molecule has 0 unspecified atom stereocenters. The van der Waals surface area contributed by atoms with E-state index in [9.17, 15) is 0 Å². The van der Waals surface area contributed by atoms with Crippen LogP contribution in [0.3, 0.4) is 0 Å². The molecular formula is C15H19N. The first-order valence-corrected chi connectivity index (χ1v) is 5.40. The summed E-state index contributed by atoms with van der Waals surface area (Å²) in [4.78, 5) is 0. The van der Waals surface area contributed by atoms with Crippen LogP contribution in [0.5, 0.6) is 0 Å². The zero-order valence-corrected chi connectivity index (χ0v) is 10.2. The van der Waals surface area contributed by atoms with Gasteiger partial charge in [-0.05, 0) is 38.0 Å². The van der Waals surface area contributed by atoms with Crippen LogP contribution in [-0.4, -0.2) is 0 Å². The molecule has 1 aromatic rings. The molecule has 1 rings (SSSR count). The lowest BCUT2D eigenvalue weighted by molar-refractivity contribution is 1.27. The number of allylic oxidation sites excluding steroid dienone is 4. The lowest BCUT2D eigenvalue weighted by atomic mass is 9.94. The number of hydrogen-bond donors (Lipinski definition) is 1. The minimum Gasteiger partial charge on any atom is -0.398 e. The zero-order valence-electron chi connectivity index (χ0n) is 10.2. The van der Waals surface area contributed by atoms with Gasteiger partial charge in [0.15, 0.2) is 0 Å². The van der Waals surface area contributed by atoms with Gasteiger partial charge in [0.1, 0.15) is 0 Å². The fraction of sp³-hybridized carbons (Fsp3) is 0.200. The maximum atomic E-state index is 6.02. The summed E-state index contributed by atoms with van der Waals surface area (Å²) >= 11 is 0. The van der Waals surface area contributed by atoms with Crippen molar-refractivity contribution in [2.45, 2.75) is 20.8 Å². The van der Waals surface area contributed by atoms with Crippen LogP contribution in [0.1, 0.15) is 26.3 Å².